The molecule has 0 spiro atoms. The van der Waals surface area contributed by atoms with Crippen molar-refractivity contribution in [2.45, 2.75) is 25.6 Å². The summed E-state index contributed by atoms with van der Waals surface area (Å²) in [5.74, 6) is -0.313. The van der Waals surface area contributed by atoms with Gasteiger partial charge in [0, 0.05) is 0 Å². The Balaban J connectivity index is 2.34. The predicted octanol–water partition coefficient (Wildman–Crippen LogP) is 1.51. The number of carbonyl (C=O) groups excluding carboxylic acids is 1. The molecule has 2 heterocycles. The molecule has 0 saturated carbocycles. The maximum absolute atomic E-state index is 12.4. The van der Waals surface area contributed by atoms with Crippen molar-refractivity contribution >= 4 is 11.6 Å². The lowest BCUT2D eigenvalue weighted by atomic mass is 10.2. The van der Waals surface area contributed by atoms with E-state index in [0.717, 1.165) is 6.07 Å². The van der Waals surface area contributed by atoms with Crippen LogP contribution in [0.3, 0.4) is 0 Å². The normalized spacial score (nSPS) is 20.6. The first kappa shape index (κ1) is 12.8. The van der Waals surface area contributed by atoms with E-state index in [2.05, 4.69) is 4.98 Å². The van der Waals surface area contributed by atoms with Gasteiger partial charge in [-0.05, 0) is 19.1 Å². The molecule has 1 saturated heterocycles. The molecule has 1 atom stereocenters. The number of rotatable bonds is 1. The summed E-state index contributed by atoms with van der Waals surface area (Å²) in [6.07, 6.45) is -5.29. The SMILES string of the molecule is Cc1nc(C(F)(F)F)ccc1N1CC(O)CC1=O. The van der Waals surface area contributed by atoms with Crippen LogP contribution in [0.2, 0.25) is 0 Å². The fourth-order valence-electron chi connectivity index (χ4n) is 1.92. The molecule has 1 unspecified atom stereocenters. The van der Waals surface area contributed by atoms with Crippen molar-refractivity contribution in [1.82, 2.24) is 4.98 Å². The van der Waals surface area contributed by atoms with Gasteiger partial charge in [0.1, 0.15) is 5.69 Å². The van der Waals surface area contributed by atoms with Crippen molar-refractivity contribution in [1.29, 1.82) is 0 Å². The summed E-state index contributed by atoms with van der Waals surface area (Å²) in [6.45, 7) is 1.50. The smallest absolute Gasteiger partial charge is 0.391 e. The molecule has 98 valence electrons. The molecule has 1 N–H and O–H groups in total. The molecule has 1 fully saturated rings. The number of nitrogens with zero attached hydrogens (tertiary/aromatic N) is 2. The molecular formula is C11H11F3N2O2. The maximum atomic E-state index is 12.4. The number of halogens is 3. The summed E-state index contributed by atoms with van der Waals surface area (Å²) in [6, 6.07) is 2.04. The van der Waals surface area contributed by atoms with E-state index < -0.39 is 18.0 Å². The van der Waals surface area contributed by atoms with Crippen LogP contribution in [0.25, 0.3) is 0 Å². The fourth-order valence-corrected chi connectivity index (χ4v) is 1.92. The van der Waals surface area contributed by atoms with Crippen molar-refractivity contribution in [2.75, 3.05) is 11.4 Å². The first-order valence-electron chi connectivity index (χ1n) is 5.32. The van der Waals surface area contributed by atoms with E-state index in [1.54, 1.807) is 0 Å². The highest BCUT2D eigenvalue weighted by atomic mass is 19.4. The van der Waals surface area contributed by atoms with Gasteiger partial charge >= 0.3 is 6.18 Å². The third kappa shape index (κ3) is 2.31. The maximum Gasteiger partial charge on any atom is 0.433 e. The number of aryl methyl sites for hydroxylation is 1. The largest absolute Gasteiger partial charge is 0.433 e. The van der Waals surface area contributed by atoms with Crippen LogP contribution in [0.4, 0.5) is 18.9 Å². The Kier molecular flexibility index (Phi) is 3.02. The third-order valence-electron chi connectivity index (χ3n) is 2.74. The quantitative estimate of drug-likeness (QED) is 0.832. The lowest BCUT2D eigenvalue weighted by Gasteiger charge is -2.18. The van der Waals surface area contributed by atoms with Crippen LogP contribution in [0.5, 0.6) is 0 Å². The molecule has 1 amide bonds. The number of alkyl halides is 3. The van der Waals surface area contributed by atoms with Crippen LogP contribution in [0.1, 0.15) is 17.8 Å². The van der Waals surface area contributed by atoms with Crippen LogP contribution < -0.4 is 4.90 Å². The number of amides is 1. The average Bonchev–Trinajstić information content (AvgIpc) is 2.56. The number of pyridine rings is 1. The Morgan fingerprint density at radius 1 is 1.44 bits per heavy atom. The molecule has 0 radical (unpaired) electrons. The number of β-amino-alcohol motifs (C(OH)–C–C–N with tert-alkyl or cyclic N) is 1. The summed E-state index contributed by atoms with van der Waals surface area (Å²) in [4.78, 5) is 16.2. The topological polar surface area (TPSA) is 53.4 Å². The zero-order valence-electron chi connectivity index (χ0n) is 9.53. The van der Waals surface area contributed by atoms with Gasteiger partial charge in [0.2, 0.25) is 5.91 Å². The fraction of sp³-hybridized carbons (Fsp3) is 0.455. The molecule has 1 aromatic heterocycles. The summed E-state index contributed by atoms with van der Waals surface area (Å²) < 4.78 is 37.3. The Morgan fingerprint density at radius 2 is 2.11 bits per heavy atom. The lowest BCUT2D eigenvalue weighted by molar-refractivity contribution is -0.141. The van der Waals surface area contributed by atoms with Gasteiger partial charge in [-0.2, -0.15) is 13.2 Å². The van der Waals surface area contributed by atoms with Crippen molar-refractivity contribution in [3.8, 4) is 0 Å². The Bertz CT molecular complexity index is 488. The van der Waals surface area contributed by atoms with Gasteiger partial charge in [-0.1, -0.05) is 0 Å². The summed E-state index contributed by atoms with van der Waals surface area (Å²) in [7, 11) is 0. The highest BCUT2D eigenvalue weighted by molar-refractivity contribution is 5.96. The van der Waals surface area contributed by atoms with Crippen LogP contribution in [0, 0.1) is 6.92 Å². The van der Waals surface area contributed by atoms with Crippen LogP contribution in [0.15, 0.2) is 12.1 Å². The molecule has 4 nitrogen and oxygen atoms in total. The molecule has 18 heavy (non-hydrogen) atoms. The second kappa shape index (κ2) is 4.24. The second-order valence-electron chi connectivity index (χ2n) is 4.16. The van der Waals surface area contributed by atoms with Gasteiger partial charge in [0.25, 0.3) is 0 Å². The van der Waals surface area contributed by atoms with E-state index in [1.165, 1.54) is 17.9 Å². The highest BCUT2D eigenvalue weighted by Crippen LogP contribution is 2.31. The zero-order chi connectivity index (χ0) is 13.5. The van der Waals surface area contributed by atoms with Gasteiger partial charge < -0.3 is 10.0 Å². The van der Waals surface area contributed by atoms with Gasteiger partial charge in [0.15, 0.2) is 0 Å². The highest BCUT2D eigenvalue weighted by Gasteiger charge is 2.34. The van der Waals surface area contributed by atoms with Crippen LogP contribution in [-0.2, 0) is 11.0 Å². The lowest BCUT2D eigenvalue weighted by Crippen LogP contribution is -2.26. The van der Waals surface area contributed by atoms with Gasteiger partial charge in [-0.25, -0.2) is 4.98 Å². The van der Waals surface area contributed by atoms with Gasteiger partial charge in [0.05, 0.1) is 30.5 Å². The Labute approximate surface area is 101 Å². The van der Waals surface area contributed by atoms with Crippen molar-refractivity contribution in [2.24, 2.45) is 0 Å². The van der Waals surface area contributed by atoms with Crippen LogP contribution in [-0.4, -0.2) is 28.6 Å². The van der Waals surface area contributed by atoms with Gasteiger partial charge in [-0.3, -0.25) is 4.79 Å². The van der Waals surface area contributed by atoms with Gasteiger partial charge in [-0.15, -0.1) is 0 Å². The molecule has 0 aliphatic carbocycles. The molecule has 0 bridgehead atoms. The molecule has 0 aromatic carbocycles. The molecule has 1 aliphatic heterocycles. The summed E-state index contributed by atoms with van der Waals surface area (Å²) in [5.41, 5.74) is -0.562. The zero-order valence-corrected chi connectivity index (χ0v) is 9.53. The van der Waals surface area contributed by atoms with E-state index in [0.29, 0.717) is 5.69 Å². The first-order chi connectivity index (χ1) is 8.29. The number of hydrogen-bond acceptors (Lipinski definition) is 3. The second-order valence-corrected chi connectivity index (χ2v) is 4.16. The number of aliphatic hydroxyl groups is 1. The minimum Gasteiger partial charge on any atom is -0.391 e. The van der Waals surface area contributed by atoms with E-state index in [1.807, 2.05) is 0 Å². The molecule has 7 heteroatoms. The summed E-state index contributed by atoms with van der Waals surface area (Å²) in [5, 5.41) is 9.34. The minimum atomic E-state index is -4.50. The van der Waals surface area contributed by atoms with Crippen molar-refractivity contribution in [3.05, 3.63) is 23.5 Å². The number of aliphatic hydroxyl groups excluding tert-OH is 1. The molecule has 1 aliphatic rings. The standard InChI is InChI=1S/C11H11F3N2O2/c1-6-8(16-5-7(17)4-10(16)18)2-3-9(15-6)11(12,13)14/h2-3,7,17H,4-5H2,1H3. The summed E-state index contributed by atoms with van der Waals surface area (Å²) >= 11 is 0. The van der Waals surface area contributed by atoms with Crippen LogP contribution >= 0.6 is 0 Å². The minimum absolute atomic E-state index is 0.0134. The van der Waals surface area contributed by atoms with Crippen molar-refractivity contribution in [3.63, 3.8) is 0 Å². The average molecular weight is 260 g/mol. The third-order valence-corrected chi connectivity index (χ3v) is 2.74. The Hall–Kier alpha value is -1.63. The molecule has 2 rings (SSSR count). The molecular weight excluding hydrogens is 249 g/mol. The van der Waals surface area contributed by atoms with E-state index >= 15 is 0 Å². The Morgan fingerprint density at radius 3 is 2.56 bits per heavy atom. The van der Waals surface area contributed by atoms with E-state index in [-0.39, 0.29) is 24.6 Å². The number of carbonyl (C=O) groups is 1. The predicted molar refractivity (Wildman–Crippen MR) is 57.0 cm³/mol. The van der Waals surface area contributed by atoms with E-state index in [4.69, 9.17) is 0 Å². The van der Waals surface area contributed by atoms with Crippen molar-refractivity contribution < 1.29 is 23.1 Å². The number of aromatic nitrogens is 1. The molecule has 1 aromatic rings. The monoisotopic (exact) mass is 260 g/mol. The first-order valence-corrected chi connectivity index (χ1v) is 5.32. The number of hydrogen-bond donors (Lipinski definition) is 1. The number of anilines is 1. The van der Waals surface area contributed by atoms with E-state index in [9.17, 15) is 23.1 Å².